The van der Waals surface area contributed by atoms with Gasteiger partial charge in [-0.1, -0.05) is 24.6 Å². The van der Waals surface area contributed by atoms with Crippen LogP contribution in [0.5, 0.6) is 5.75 Å². The molecule has 3 aromatic rings. The Hall–Kier alpha value is -3.22. The summed E-state index contributed by atoms with van der Waals surface area (Å²) < 4.78 is 54.8. The van der Waals surface area contributed by atoms with E-state index >= 15 is 4.39 Å². The molecule has 0 radical (unpaired) electrons. The third-order valence-electron chi connectivity index (χ3n) is 6.10. The van der Waals surface area contributed by atoms with Crippen molar-refractivity contribution in [2.75, 3.05) is 13.2 Å². The topological polar surface area (TPSA) is 149 Å². The van der Waals surface area contributed by atoms with E-state index in [9.17, 15) is 18.0 Å². The molecule has 35 heavy (non-hydrogen) atoms. The van der Waals surface area contributed by atoms with E-state index in [0.717, 1.165) is 15.9 Å². The van der Waals surface area contributed by atoms with Crippen molar-refractivity contribution in [3.8, 4) is 5.75 Å². The standard InChI is InChI=1S/C22H22ClFN4O6S/c1-10-4-5-15(24)17(11(10)2)12(3)18(21-26-27-22(30)34-21)28-6-7-33-16-9-13(23)8-14(20(25)29)19(16)35(28,31)32/h4-5,8-9,12,18H,6-7H2,1-3H3,(H2,25,29)(H,27,30)/t12-,18+/m1/s1. The van der Waals surface area contributed by atoms with Crippen LogP contribution in [0, 0.1) is 19.7 Å². The highest BCUT2D eigenvalue weighted by Crippen LogP contribution is 2.44. The predicted molar refractivity (Wildman–Crippen MR) is 124 cm³/mol. The van der Waals surface area contributed by atoms with Gasteiger partial charge in [0, 0.05) is 23.6 Å². The number of ether oxygens (including phenoxy) is 1. The molecule has 13 heteroatoms. The van der Waals surface area contributed by atoms with Crippen molar-refractivity contribution >= 4 is 27.5 Å². The van der Waals surface area contributed by atoms with Crippen LogP contribution < -0.4 is 16.2 Å². The van der Waals surface area contributed by atoms with Crippen molar-refractivity contribution in [2.45, 2.75) is 37.6 Å². The van der Waals surface area contributed by atoms with Crippen LogP contribution in [0.4, 0.5) is 4.39 Å². The number of aromatic nitrogens is 2. The van der Waals surface area contributed by atoms with Crippen LogP contribution in [0.15, 0.2) is 38.4 Å². The zero-order chi connectivity index (χ0) is 25.7. The Morgan fingerprint density at radius 1 is 1.31 bits per heavy atom. The number of hydrogen-bond donors (Lipinski definition) is 2. The molecule has 1 aromatic heterocycles. The Bertz CT molecular complexity index is 1490. The van der Waals surface area contributed by atoms with Gasteiger partial charge in [0.2, 0.25) is 21.8 Å². The van der Waals surface area contributed by atoms with Gasteiger partial charge in [0.1, 0.15) is 29.1 Å². The third-order valence-corrected chi connectivity index (χ3v) is 8.28. The maximum atomic E-state index is 15.1. The number of nitrogens with zero attached hydrogens (tertiary/aromatic N) is 2. The second-order valence-corrected chi connectivity index (χ2v) is 10.5. The number of carbonyl (C=O) groups excluding carboxylic acids is 1. The summed E-state index contributed by atoms with van der Waals surface area (Å²) in [6, 6.07) is 4.01. The maximum Gasteiger partial charge on any atom is 0.434 e. The molecule has 4 rings (SSSR count). The molecule has 2 aromatic carbocycles. The Morgan fingerprint density at radius 3 is 2.66 bits per heavy atom. The van der Waals surface area contributed by atoms with E-state index in [-0.39, 0.29) is 40.9 Å². The molecule has 1 aliphatic heterocycles. The van der Waals surface area contributed by atoms with Gasteiger partial charge in [-0.15, -0.1) is 5.10 Å². The number of primary amides is 1. The Balaban J connectivity index is 1.97. The van der Waals surface area contributed by atoms with E-state index < -0.39 is 44.4 Å². The highest BCUT2D eigenvalue weighted by atomic mass is 35.5. The first-order valence-electron chi connectivity index (χ1n) is 10.5. The number of benzene rings is 2. The van der Waals surface area contributed by atoms with Gasteiger partial charge in [0.05, 0.1) is 5.56 Å². The molecular weight excluding hydrogens is 503 g/mol. The van der Waals surface area contributed by atoms with Crippen LogP contribution in [0.1, 0.15) is 51.8 Å². The highest BCUT2D eigenvalue weighted by Gasteiger charge is 2.44. The fraction of sp³-hybridized carbons (Fsp3) is 0.318. The van der Waals surface area contributed by atoms with E-state index in [4.69, 9.17) is 26.5 Å². The van der Waals surface area contributed by atoms with Crippen molar-refractivity contribution in [1.29, 1.82) is 0 Å². The van der Waals surface area contributed by atoms with Crippen molar-refractivity contribution in [2.24, 2.45) is 5.73 Å². The van der Waals surface area contributed by atoms with Gasteiger partial charge in [-0.05, 0) is 42.7 Å². The zero-order valence-corrected chi connectivity index (χ0v) is 20.5. The lowest BCUT2D eigenvalue weighted by molar-refractivity contribution is 0.0996. The fourth-order valence-electron chi connectivity index (χ4n) is 4.37. The van der Waals surface area contributed by atoms with Crippen LogP contribution in [-0.2, 0) is 10.0 Å². The van der Waals surface area contributed by atoms with Crippen LogP contribution in [0.2, 0.25) is 5.02 Å². The molecule has 0 spiro atoms. The number of aryl methyl sites for hydroxylation is 1. The summed E-state index contributed by atoms with van der Waals surface area (Å²) in [5, 5.41) is 6.04. The molecule has 1 amide bonds. The number of hydrogen-bond acceptors (Lipinski definition) is 7. The second kappa shape index (κ2) is 9.10. The van der Waals surface area contributed by atoms with Crippen molar-refractivity contribution in [3.05, 3.63) is 73.8 Å². The summed E-state index contributed by atoms with van der Waals surface area (Å²) in [5.41, 5.74) is 6.71. The zero-order valence-electron chi connectivity index (χ0n) is 19.0. The van der Waals surface area contributed by atoms with Crippen LogP contribution in [-0.4, -0.2) is 42.0 Å². The van der Waals surface area contributed by atoms with Gasteiger partial charge in [-0.3, -0.25) is 4.79 Å². The number of H-pyrrole nitrogens is 1. The number of nitrogens with one attached hydrogen (secondary N) is 1. The van der Waals surface area contributed by atoms with Gasteiger partial charge in [-0.25, -0.2) is 22.7 Å². The molecular formula is C22H22ClFN4O6S. The molecule has 186 valence electrons. The van der Waals surface area contributed by atoms with E-state index in [1.807, 2.05) is 0 Å². The molecule has 10 nitrogen and oxygen atoms in total. The molecule has 0 fully saturated rings. The fourth-order valence-corrected chi connectivity index (χ4v) is 6.51. The van der Waals surface area contributed by atoms with Gasteiger partial charge >= 0.3 is 5.76 Å². The number of sulfonamides is 1. The second-order valence-electron chi connectivity index (χ2n) is 8.20. The van der Waals surface area contributed by atoms with Crippen molar-refractivity contribution in [3.63, 3.8) is 0 Å². The first kappa shape index (κ1) is 24.9. The van der Waals surface area contributed by atoms with Gasteiger partial charge < -0.3 is 14.9 Å². The molecule has 0 saturated carbocycles. The number of rotatable bonds is 5. The Morgan fingerprint density at radius 2 is 2.03 bits per heavy atom. The highest BCUT2D eigenvalue weighted by molar-refractivity contribution is 7.89. The quantitative estimate of drug-likeness (QED) is 0.521. The van der Waals surface area contributed by atoms with Crippen molar-refractivity contribution < 1.29 is 26.8 Å². The van der Waals surface area contributed by atoms with E-state index in [2.05, 4.69) is 10.2 Å². The summed E-state index contributed by atoms with van der Waals surface area (Å²) in [7, 11) is -4.53. The third kappa shape index (κ3) is 4.32. The molecule has 1 aliphatic rings. The largest absolute Gasteiger partial charge is 0.491 e. The maximum absolute atomic E-state index is 15.1. The number of amides is 1. The lowest BCUT2D eigenvalue weighted by Crippen LogP contribution is -2.39. The van der Waals surface area contributed by atoms with E-state index in [1.165, 1.54) is 12.1 Å². The average molecular weight is 525 g/mol. The van der Waals surface area contributed by atoms with Crippen LogP contribution in [0.3, 0.4) is 0 Å². The SMILES string of the molecule is Cc1ccc(F)c([C@@H](C)[C@@H](c2n[nH]c(=O)o2)N2CCOc3cc(Cl)cc(C(N)=O)c3S2(=O)=O)c1C. The predicted octanol–water partition coefficient (Wildman–Crippen LogP) is 2.80. The lowest BCUT2D eigenvalue weighted by atomic mass is 9.87. The van der Waals surface area contributed by atoms with Crippen LogP contribution >= 0.6 is 11.6 Å². The number of halogens is 2. The van der Waals surface area contributed by atoms with Crippen molar-refractivity contribution in [1.82, 2.24) is 14.5 Å². The van der Waals surface area contributed by atoms with Crippen LogP contribution in [0.25, 0.3) is 0 Å². The van der Waals surface area contributed by atoms with Gasteiger partial charge in [0.25, 0.3) is 0 Å². The first-order valence-corrected chi connectivity index (χ1v) is 12.3. The molecule has 2 heterocycles. The summed E-state index contributed by atoms with van der Waals surface area (Å²) in [6.07, 6.45) is 0. The number of fused-ring (bicyclic) bond motifs is 1. The molecule has 3 N–H and O–H groups in total. The molecule has 0 saturated heterocycles. The van der Waals surface area contributed by atoms with Gasteiger partial charge in [0.15, 0.2) is 0 Å². The van der Waals surface area contributed by atoms with Gasteiger partial charge in [-0.2, -0.15) is 4.31 Å². The summed E-state index contributed by atoms with van der Waals surface area (Å²) in [4.78, 5) is 23.5. The minimum atomic E-state index is -4.53. The smallest absolute Gasteiger partial charge is 0.434 e. The minimum Gasteiger partial charge on any atom is -0.491 e. The Labute approximate surface area is 204 Å². The summed E-state index contributed by atoms with van der Waals surface area (Å²) >= 11 is 6.05. The average Bonchev–Trinajstić information content (AvgIpc) is 3.15. The van der Waals surface area contributed by atoms with E-state index in [1.54, 1.807) is 26.8 Å². The number of nitrogens with two attached hydrogens (primary N) is 1. The molecule has 2 atom stereocenters. The number of aromatic amines is 1. The Kier molecular flexibility index (Phi) is 6.47. The summed E-state index contributed by atoms with van der Waals surface area (Å²) in [5.74, 6) is -3.80. The summed E-state index contributed by atoms with van der Waals surface area (Å²) in [6.45, 7) is 4.74. The normalized spacial score (nSPS) is 17.2. The molecule has 0 unspecified atom stereocenters. The van der Waals surface area contributed by atoms with E-state index in [0.29, 0.717) is 5.56 Å². The minimum absolute atomic E-state index is 0.0573. The monoisotopic (exact) mass is 524 g/mol. The lowest BCUT2D eigenvalue weighted by Gasteiger charge is -2.32. The molecule has 0 aliphatic carbocycles. The first-order chi connectivity index (χ1) is 16.4. The molecule has 0 bridgehead atoms. The number of carbonyl (C=O) groups is 1.